The van der Waals surface area contributed by atoms with E-state index in [2.05, 4.69) is 0 Å². The van der Waals surface area contributed by atoms with Crippen LogP contribution in [0, 0.1) is 0 Å². The van der Waals surface area contributed by atoms with Crippen LogP contribution in [0.25, 0.3) is 10.8 Å². The molecule has 0 unspecified atom stereocenters. The second-order valence-electron chi connectivity index (χ2n) is 4.08. The van der Waals surface area contributed by atoms with Crippen LogP contribution in [0.4, 0.5) is 0 Å². The molecule has 92 valence electrons. The van der Waals surface area contributed by atoms with Crippen molar-refractivity contribution in [3.63, 3.8) is 0 Å². The number of hydrogen-bond acceptors (Lipinski definition) is 3. The Morgan fingerprint density at radius 1 is 1.17 bits per heavy atom. The van der Waals surface area contributed by atoms with E-state index in [0.717, 1.165) is 5.56 Å². The van der Waals surface area contributed by atoms with Gasteiger partial charge in [-0.3, -0.25) is 4.55 Å². The third kappa shape index (κ3) is 1.68. The van der Waals surface area contributed by atoms with E-state index in [0.29, 0.717) is 22.9 Å². The monoisotopic (exact) mass is 262 g/mol. The Balaban J connectivity index is 2.47. The second-order valence-corrected chi connectivity index (χ2v) is 5.47. The number of rotatable bonds is 1. The first-order chi connectivity index (χ1) is 8.57. The molecule has 0 aromatic heterocycles. The lowest BCUT2D eigenvalue weighted by atomic mass is 10.0. The van der Waals surface area contributed by atoms with Crippen LogP contribution in [0.2, 0.25) is 0 Å². The molecule has 1 aliphatic heterocycles. The average molecular weight is 262 g/mol. The normalized spacial score (nSPS) is 14.3. The molecule has 0 radical (unpaired) electrons. The molecule has 0 saturated carbocycles. The molecule has 1 heterocycles. The molecule has 0 fully saturated rings. The maximum absolute atomic E-state index is 11.4. The predicted octanol–water partition coefficient (Wildman–Crippen LogP) is 2.54. The van der Waals surface area contributed by atoms with Crippen molar-refractivity contribution in [2.24, 2.45) is 0 Å². The smallest absolute Gasteiger partial charge is 0.295 e. The highest BCUT2D eigenvalue weighted by Crippen LogP contribution is 2.36. The number of benzene rings is 2. The van der Waals surface area contributed by atoms with E-state index in [1.807, 2.05) is 0 Å². The Morgan fingerprint density at radius 3 is 2.61 bits per heavy atom. The van der Waals surface area contributed by atoms with E-state index in [-0.39, 0.29) is 4.90 Å². The highest BCUT2D eigenvalue weighted by Gasteiger charge is 2.20. The summed E-state index contributed by atoms with van der Waals surface area (Å²) < 4.78 is 37.6. The summed E-state index contributed by atoms with van der Waals surface area (Å²) in [7, 11) is -4.24. The highest BCUT2D eigenvalue weighted by atomic mass is 32.2. The van der Waals surface area contributed by atoms with Gasteiger partial charge in [0.2, 0.25) is 0 Å². The van der Waals surface area contributed by atoms with Crippen molar-refractivity contribution in [1.82, 2.24) is 0 Å². The fourth-order valence-corrected chi connectivity index (χ4v) is 2.91. The van der Waals surface area contributed by atoms with Crippen LogP contribution in [0.5, 0.6) is 5.75 Å². The fraction of sp³-hybridized carbons (Fsp3) is 0.0769. The lowest BCUT2D eigenvalue weighted by Gasteiger charge is -2.16. The van der Waals surface area contributed by atoms with Gasteiger partial charge in [-0.25, -0.2) is 0 Å². The second kappa shape index (κ2) is 3.83. The molecule has 18 heavy (non-hydrogen) atoms. The maximum Gasteiger partial charge on any atom is 0.295 e. The van der Waals surface area contributed by atoms with Crippen LogP contribution in [0.1, 0.15) is 5.56 Å². The van der Waals surface area contributed by atoms with Gasteiger partial charge in [0.05, 0.1) is 6.26 Å². The molecule has 3 rings (SSSR count). The van der Waals surface area contributed by atoms with E-state index in [9.17, 15) is 13.0 Å². The molecule has 1 N–H and O–H groups in total. The Labute approximate surface area is 104 Å². The Morgan fingerprint density at radius 2 is 1.89 bits per heavy atom. The quantitative estimate of drug-likeness (QED) is 0.802. The van der Waals surface area contributed by atoms with Gasteiger partial charge in [-0.2, -0.15) is 8.42 Å². The first-order valence-electron chi connectivity index (χ1n) is 5.41. The molecule has 0 bridgehead atoms. The molecule has 0 spiro atoms. The third-order valence-corrected chi connectivity index (χ3v) is 3.83. The minimum atomic E-state index is -4.24. The van der Waals surface area contributed by atoms with Crippen molar-refractivity contribution in [3.8, 4) is 5.75 Å². The van der Waals surface area contributed by atoms with Gasteiger partial charge < -0.3 is 4.74 Å². The molecule has 2 aromatic rings. The van der Waals surface area contributed by atoms with Gasteiger partial charge >= 0.3 is 0 Å². The zero-order valence-corrected chi connectivity index (χ0v) is 10.1. The number of fused-ring (bicyclic) bond motifs is 3. The van der Waals surface area contributed by atoms with E-state index in [1.165, 1.54) is 6.07 Å². The topological polar surface area (TPSA) is 63.6 Å². The number of hydrogen-bond donors (Lipinski definition) is 1. The maximum atomic E-state index is 11.4. The summed E-state index contributed by atoms with van der Waals surface area (Å²) in [5.74, 6) is 0.653. The van der Waals surface area contributed by atoms with Crippen LogP contribution in [-0.4, -0.2) is 13.0 Å². The summed E-state index contributed by atoms with van der Waals surface area (Å²) in [6.07, 6.45) is 3.97. The molecule has 0 amide bonds. The molecular formula is C13H10O4S. The first kappa shape index (κ1) is 11.3. The lowest BCUT2D eigenvalue weighted by molar-refractivity contribution is 0.468. The Bertz CT molecular complexity index is 760. The molecule has 2 aromatic carbocycles. The summed E-state index contributed by atoms with van der Waals surface area (Å²) in [4.78, 5) is -0.0734. The van der Waals surface area contributed by atoms with Crippen LogP contribution in [-0.2, 0) is 16.5 Å². The van der Waals surface area contributed by atoms with Crippen LogP contribution in [0.15, 0.2) is 47.6 Å². The predicted molar refractivity (Wildman–Crippen MR) is 67.2 cm³/mol. The van der Waals surface area contributed by atoms with Crippen LogP contribution in [0.3, 0.4) is 0 Å². The summed E-state index contributed by atoms with van der Waals surface area (Å²) in [5.41, 5.74) is 0.754. The van der Waals surface area contributed by atoms with Crippen LogP contribution >= 0.6 is 0 Å². The molecule has 4 nitrogen and oxygen atoms in total. The third-order valence-electron chi connectivity index (χ3n) is 2.93. The molecule has 0 saturated heterocycles. The largest absolute Gasteiger partial charge is 0.464 e. The minimum absolute atomic E-state index is 0.0734. The van der Waals surface area contributed by atoms with E-state index < -0.39 is 10.1 Å². The molecule has 0 aliphatic carbocycles. The number of allylic oxidation sites excluding steroid dienone is 1. The lowest BCUT2D eigenvalue weighted by Crippen LogP contribution is -2.04. The zero-order valence-electron chi connectivity index (χ0n) is 9.33. The van der Waals surface area contributed by atoms with Crippen molar-refractivity contribution >= 4 is 20.9 Å². The summed E-state index contributed by atoms with van der Waals surface area (Å²) >= 11 is 0. The van der Waals surface area contributed by atoms with Gasteiger partial charge in [-0.15, -0.1) is 0 Å². The summed E-state index contributed by atoms with van der Waals surface area (Å²) in [5, 5.41) is 1.15. The summed E-state index contributed by atoms with van der Waals surface area (Å²) in [6, 6.07) is 8.43. The van der Waals surface area contributed by atoms with Gasteiger partial charge in [0, 0.05) is 16.3 Å². The average Bonchev–Trinajstić information content (AvgIpc) is 2.37. The first-order valence-corrected chi connectivity index (χ1v) is 6.85. The Hall–Kier alpha value is -1.85. The standard InChI is InChI=1S/C13H10O4S/c14-18(15,16)12-8-9-4-3-7-17-13(9)11-6-2-1-5-10(11)12/h1-3,5-8H,4H2,(H,14,15,16). The fourth-order valence-electron chi connectivity index (χ4n) is 2.17. The van der Waals surface area contributed by atoms with E-state index in [1.54, 1.807) is 36.6 Å². The van der Waals surface area contributed by atoms with Crippen LogP contribution < -0.4 is 4.74 Å². The molecule has 0 atom stereocenters. The van der Waals surface area contributed by atoms with Crippen molar-refractivity contribution < 1.29 is 17.7 Å². The van der Waals surface area contributed by atoms with Crippen molar-refractivity contribution in [3.05, 3.63) is 48.2 Å². The van der Waals surface area contributed by atoms with Gasteiger partial charge in [-0.05, 0) is 18.6 Å². The molecule has 5 heteroatoms. The number of ether oxygens (including phenoxy) is 1. The van der Waals surface area contributed by atoms with E-state index in [4.69, 9.17) is 4.74 Å². The molecule has 1 aliphatic rings. The van der Waals surface area contributed by atoms with Gasteiger partial charge in [0.25, 0.3) is 10.1 Å². The minimum Gasteiger partial charge on any atom is -0.464 e. The highest BCUT2D eigenvalue weighted by molar-refractivity contribution is 7.86. The van der Waals surface area contributed by atoms with Crippen molar-refractivity contribution in [2.75, 3.05) is 0 Å². The van der Waals surface area contributed by atoms with Gasteiger partial charge in [0.1, 0.15) is 10.6 Å². The Kier molecular flexibility index (Phi) is 2.39. The van der Waals surface area contributed by atoms with Gasteiger partial charge in [0.15, 0.2) is 0 Å². The SMILES string of the molecule is O=S(=O)(O)c1cc2c(c3ccccc13)OC=CC2. The summed E-state index contributed by atoms with van der Waals surface area (Å²) in [6.45, 7) is 0. The van der Waals surface area contributed by atoms with Crippen molar-refractivity contribution in [2.45, 2.75) is 11.3 Å². The van der Waals surface area contributed by atoms with E-state index >= 15 is 0 Å². The molecular weight excluding hydrogens is 252 g/mol. The zero-order chi connectivity index (χ0) is 12.8. The van der Waals surface area contributed by atoms with Gasteiger partial charge in [-0.1, -0.05) is 24.3 Å². The van der Waals surface area contributed by atoms with Crippen molar-refractivity contribution in [1.29, 1.82) is 0 Å².